The highest BCUT2D eigenvalue weighted by atomic mass is 16.2. The molecule has 34 heavy (non-hydrogen) atoms. The molecule has 1 rings (SSSR count). The average Bonchev–Trinajstić information content (AvgIpc) is 2.75. The van der Waals surface area contributed by atoms with E-state index in [1.165, 1.54) is 0 Å². The first-order valence-corrected chi connectivity index (χ1v) is 12.1. The lowest BCUT2D eigenvalue weighted by molar-refractivity contribution is -0.142. The molecule has 2 N–H and O–H groups in total. The third-order valence-electron chi connectivity index (χ3n) is 6.69. The van der Waals surface area contributed by atoms with Gasteiger partial charge in [0.15, 0.2) is 0 Å². The van der Waals surface area contributed by atoms with E-state index in [1.54, 1.807) is 19.0 Å². The molecule has 0 saturated heterocycles. The summed E-state index contributed by atoms with van der Waals surface area (Å²) in [5.41, 5.74) is 0.0559. The summed E-state index contributed by atoms with van der Waals surface area (Å²) in [5, 5.41) is 6.24. The number of nitrogens with zero attached hydrogens (tertiary/aromatic N) is 2. The molecule has 0 aliphatic rings. The van der Waals surface area contributed by atoms with Gasteiger partial charge >= 0.3 is 0 Å². The molecular weight excluding hydrogens is 428 g/mol. The van der Waals surface area contributed by atoms with Crippen LogP contribution in [-0.4, -0.2) is 80.3 Å². The van der Waals surface area contributed by atoms with E-state index < -0.39 is 22.9 Å². The maximum Gasteiger partial charge on any atom is 0.245 e. The Bertz CT molecular complexity index is 802. The Hall–Kier alpha value is -2.25. The second-order valence-corrected chi connectivity index (χ2v) is 11.3. The summed E-state index contributed by atoms with van der Waals surface area (Å²) in [6, 6.07) is 8.58. The van der Waals surface area contributed by atoms with Crippen molar-refractivity contribution in [3.8, 4) is 0 Å². The van der Waals surface area contributed by atoms with E-state index in [9.17, 15) is 14.4 Å². The van der Waals surface area contributed by atoms with Crippen LogP contribution >= 0.6 is 0 Å². The normalized spacial score (nSPS) is 15.1. The van der Waals surface area contributed by atoms with Crippen molar-refractivity contribution in [1.29, 1.82) is 0 Å². The molecule has 2 amide bonds. The quantitative estimate of drug-likeness (QED) is 0.455. The number of likely N-dealkylation sites (N-methyl/N-ethyl adjacent to an activating group) is 3. The fraction of sp³-hybridized carbons (Fsp3) is 0.667. The van der Waals surface area contributed by atoms with Crippen LogP contribution in [0.4, 0.5) is 0 Å². The Labute approximate surface area is 206 Å². The first kappa shape index (κ1) is 29.8. The van der Waals surface area contributed by atoms with Crippen LogP contribution in [0.3, 0.4) is 0 Å². The molecule has 0 fully saturated rings. The second kappa shape index (κ2) is 12.5. The molecule has 0 saturated carbocycles. The molecule has 1 aromatic carbocycles. The predicted octanol–water partition coefficient (Wildman–Crippen LogP) is 2.70. The summed E-state index contributed by atoms with van der Waals surface area (Å²) in [4.78, 5) is 41.9. The predicted molar refractivity (Wildman–Crippen MR) is 139 cm³/mol. The highest BCUT2D eigenvalue weighted by molar-refractivity contribution is 5.91. The third kappa shape index (κ3) is 7.64. The van der Waals surface area contributed by atoms with Crippen LogP contribution in [-0.2, 0) is 19.8 Å². The zero-order chi connectivity index (χ0) is 26.3. The van der Waals surface area contributed by atoms with Crippen molar-refractivity contribution >= 4 is 18.1 Å². The van der Waals surface area contributed by atoms with Gasteiger partial charge in [-0.1, -0.05) is 78.8 Å². The van der Waals surface area contributed by atoms with Crippen molar-refractivity contribution in [2.75, 3.05) is 34.2 Å². The molecule has 7 heteroatoms. The first-order chi connectivity index (χ1) is 15.7. The molecule has 0 radical (unpaired) electrons. The van der Waals surface area contributed by atoms with Crippen molar-refractivity contribution in [3.05, 3.63) is 35.9 Å². The molecule has 0 spiro atoms. The van der Waals surface area contributed by atoms with E-state index >= 15 is 0 Å². The number of aldehydes is 1. The van der Waals surface area contributed by atoms with Gasteiger partial charge in [-0.2, -0.15) is 0 Å². The molecular formula is C27H46N4O3. The van der Waals surface area contributed by atoms with Gasteiger partial charge < -0.3 is 20.3 Å². The first-order valence-electron chi connectivity index (χ1n) is 12.1. The Morgan fingerprint density at radius 1 is 1.00 bits per heavy atom. The van der Waals surface area contributed by atoms with Crippen LogP contribution in [0.25, 0.3) is 0 Å². The molecule has 192 valence electrons. The van der Waals surface area contributed by atoms with E-state index in [1.807, 2.05) is 76.9 Å². The van der Waals surface area contributed by atoms with Crippen molar-refractivity contribution in [2.45, 2.75) is 72.0 Å². The molecule has 7 nitrogen and oxygen atoms in total. The summed E-state index contributed by atoms with van der Waals surface area (Å²) in [6.45, 7) is 14.9. The van der Waals surface area contributed by atoms with Crippen molar-refractivity contribution in [2.24, 2.45) is 11.3 Å². The summed E-state index contributed by atoms with van der Waals surface area (Å²) >= 11 is 0. The van der Waals surface area contributed by atoms with E-state index in [2.05, 4.69) is 24.5 Å². The highest BCUT2D eigenvalue weighted by Crippen LogP contribution is 2.29. The minimum Gasteiger partial charge on any atom is -0.342 e. The van der Waals surface area contributed by atoms with Gasteiger partial charge in [0.25, 0.3) is 0 Å². The molecule has 0 heterocycles. The number of amides is 2. The summed E-state index contributed by atoms with van der Waals surface area (Å²) in [5.74, 6) is -0.162. The van der Waals surface area contributed by atoms with Crippen molar-refractivity contribution < 1.29 is 14.4 Å². The lowest BCUT2D eigenvalue weighted by Crippen LogP contribution is -2.62. The van der Waals surface area contributed by atoms with Crippen molar-refractivity contribution in [3.63, 3.8) is 0 Å². The maximum atomic E-state index is 13.7. The standard InChI is InChI=1S/C27H46N4O3/c1-19(2)21(18-30(9)16-17-32)31(10)25(34)23(26(3,4)5)29-24(33)22(28-8)27(6,7)20-14-12-11-13-15-20/h11-15,17,19,21-23,28H,16,18H2,1-10H3,(H,29,33). The topological polar surface area (TPSA) is 81.8 Å². The largest absolute Gasteiger partial charge is 0.342 e. The SMILES string of the molecule is CNC(C(=O)NC(C(=O)N(C)C(CN(C)CC=O)C(C)C)C(C)(C)C)C(C)(C)c1ccccc1. The Balaban J connectivity index is 3.20. The molecule has 3 unspecified atom stereocenters. The monoisotopic (exact) mass is 474 g/mol. The molecule has 0 bridgehead atoms. The lowest BCUT2D eigenvalue weighted by Gasteiger charge is -2.41. The fourth-order valence-electron chi connectivity index (χ4n) is 4.40. The Morgan fingerprint density at radius 3 is 2.00 bits per heavy atom. The highest BCUT2D eigenvalue weighted by Gasteiger charge is 2.41. The molecule has 1 aromatic rings. The number of hydrogen-bond acceptors (Lipinski definition) is 5. The molecule has 0 aliphatic heterocycles. The van der Waals surface area contributed by atoms with Gasteiger partial charge in [-0.05, 0) is 31.0 Å². The maximum absolute atomic E-state index is 13.7. The van der Waals surface area contributed by atoms with E-state index in [0.29, 0.717) is 13.1 Å². The van der Waals surface area contributed by atoms with Gasteiger partial charge in [0.1, 0.15) is 12.3 Å². The summed E-state index contributed by atoms with van der Waals surface area (Å²) < 4.78 is 0. The Morgan fingerprint density at radius 2 is 1.56 bits per heavy atom. The smallest absolute Gasteiger partial charge is 0.245 e. The third-order valence-corrected chi connectivity index (χ3v) is 6.69. The minimum atomic E-state index is -0.704. The van der Waals surface area contributed by atoms with Crippen LogP contribution in [0, 0.1) is 11.3 Å². The minimum absolute atomic E-state index is 0.0972. The lowest BCUT2D eigenvalue weighted by atomic mass is 9.76. The van der Waals surface area contributed by atoms with Gasteiger partial charge in [0.2, 0.25) is 11.8 Å². The molecule has 3 atom stereocenters. The summed E-state index contributed by atoms with van der Waals surface area (Å²) in [6.07, 6.45) is 0.865. The van der Waals surface area contributed by atoms with Gasteiger partial charge in [-0.3, -0.25) is 14.5 Å². The number of benzene rings is 1. The van der Waals surface area contributed by atoms with Crippen molar-refractivity contribution in [1.82, 2.24) is 20.4 Å². The zero-order valence-corrected chi connectivity index (χ0v) is 22.8. The van der Waals surface area contributed by atoms with Crippen LogP contribution < -0.4 is 10.6 Å². The number of nitrogens with one attached hydrogen (secondary N) is 2. The fourth-order valence-corrected chi connectivity index (χ4v) is 4.40. The number of carbonyl (C=O) groups excluding carboxylic acids is 3. The Kier molecular flexibility index (Phi) is 10.9. The van der Waals surface area contributed by atoms with Gasteiger partial charge in [0.05, 0.1) is 12.6 Å². The number of hydrogen-bond donors (Lipinski definition) is 2. The van der Waals surface area contributed by atoms with Crippen LogP contribution in [0.1, 0.15) is 54.0 Å². The van der Waals surface area contributed by atoms with Crippen LogP contribution in [0.15, 0.2) is 30.3 Å². The van der Waals surface area contributed by atoms with E-state index in [0.717, 1.165) is 11.8 Å². The average molecular weight is 475 g/mol. The number of carbonyl (C=O) groups is 3. The zero-order valence-electron chi connectivity index (χ0n) is 22.8. The number of rotatable bonds is 12. The van der Waals surface area contributed by atoms with Crippen LogP contribution in [0.2, 0.25) is 0 Å². The second-order valence-electron chi connectivity index (χ2n) is 11.3. The van der Waals surface area contributed by atoms with Gasteiger partial charge in [0, 0.05) is 25.0 Å². The van der Waals surface area contributed by atoms with E-state index in [4.69, 9.17) is 0 Å². The summed E-state index contributed by atoms with van der Waals surface area (Å²) in [7, 11) is 5.43. The van der Waals surface area contributed by atoms with E-state index in [-0.39, 0.29) is 23.8 Å². The van der Waals surface area contributed by atoms with Crippen LogP contribution in [0.5, 0.6) is 0 Å². The van der Waals surface area contributed by atoms with Gasteiger partial charge in [-0.15, -0.1) is 0 Å². The molecule has 0 aliphatic carbocycles. The molecule has 0 aromatic heterocycles. The van der Waals surface area contributed by atoms with Gasteiger partial charge in [-0.25, -0.2) is 0 Å².